The average Bonchev–Trinajstić information content (AvgIpc) is 2.83. The molecule has 0 aliphatic carbocycles. The molecule has 3 aromatic carbocycles. The first-order valence-corrected chi connectivity index (χ1v) is 10.8. The molecule has 0 fully saturated rings. The largest absolute Gasteiger partial charge is 0.385 e. The number of benzene rings is 3. The molecule has 3 nitrogen and oxygen atoms in total. The molecule has 0 aliphatic rings. The molecule has 0 unspecified atom stereocenters. The second-order valence-corrected chi connectivity index (χ2v) is 7.76. The van der Waals surface area contributed by atoms with Crippen LogP contribution in [0.2, 0.25) is 0 Å². The molecule has 1 aromatic heterocycles. The SMILES string of the molecule is COCCCc1cnc(CCc2ccc(C#Cc3ccc4cc(F)ccc4c3)cc2)nc1. The van der Waals surface area contributed by atoms with Crippen molar-refractivity contribution >= 4 is 10.8 Å². The first-order valence-electron chi connectivity index (χ1n) is 10.8. The van der Waals surface area contributed by atoms with E-state index in [2.05, 4.69) is 33.9 Å². The summed E-state index contributed by atoms with van der Waals surface area (Å²) in [7, 11) is 1.72. The maximum atomic E-state index is 13.3. The molecule has 0 radical (unpaired) electrons. The topological polar surface area (TPSA) is 35.0 Å². The highest BCUT2D eigenvalue weighted by Gasteiger charge is 2.01. The van der Waals surface area contributed by atoms with Crippen molar-refractivity contribution in [3.63, 3.8) is 0 Å². The third-order valence-corrected chi connectivity index (χ3v) is 5.32. The lowest BCUT2D eigenvalue weighted by molar-refractivity contribution is 0.195. The van der Waals surface area contributed by atoms with Crippen LogP contribution < -0.4 is 0 Å². The normalized spacial score (nSPS) is 10.7. The van der Waals surface area contributed by atoms with Crippen molar-refractivity contribution < 1.29 is 9.13 Å². The number of hydrogen-bond acceptors (Lipinski definition) is 3. The number of methoxy groups -OCH3 is 1. The van der Waals surface area contributed by atoms with Gasteiger partial charge in [-0.15, -0.1) is 0 Å². The number of halogens is 1. The van der Waals surface area contributed by atoms with Crippen LogP contribution in [0.3, 0.4) is 0 Å². The lowest BCUT2D eigenvalue weighted by Gasteiger charge is -2.04. The van der Waals surface area contributed by atoms with Gasteiger partial charge in [0.25, 0.3) is 0 Å². The lowest BCUT2D eigenvalue weighted by Crippen LogP contribution is -2.00. The summed E-state index contributed by atoms with van der Waals surface area (Å²) in [6, 6.07) is 18.9. The molecule has 160 valence electrons. The Morgan fingerprint density at radius 2 is 1.44 bits per heavy atom. The Kier molecular flexibility index (Phi) is 7.22. The predicted molar refractivity (Wildman–Crippen MR) is 126 cm³/mol. The van der Waals surface area contributed by atoms with Crippen molar-refractivity contribution in [1.29, 1.82) is 0 Å². The predicted octanol–water partition coefficient (Wildman–Crippen LogP) is 5.53. The second kappa shape index (κ2) is 10.7. The molecular weight excluding hydrogens is 399 g/mol. The van der Waals surface area contributed by atoms with Gasteiger partial charge >= 0.3 is 0 Å². The zero-order valence-corrected chi connectivity index (χ0v) is 18.1. The van der Waals surface area contributed by atoms with Crippen molar-refractivity contribution in [3.05, 3.63) is 107 Å². The van der Waals surface area contributed by atoms with Crippen molar-refractivity contribution in [2.75, 3.05) is 13.7 Å². The van der Waals surface area contributed by atoms with Crippen LogP contribution in [-0.2, 0) is 24.0 Å². The van der Waals surface area contributed by atoms with Gasteiger partial charge in [-0.3, -0.25) is 0 Å². The first kappa shape index (κ1) is 21.7. The molecule has 0 N–H and O–H groups in total. The summed E-state index contributed by atoms with van der Waals surface area (Å²) in [4.78, 5) is 8.97. The highest BCUT2D eigenvalue weighted by Crippen LogP contribution is 2.17. The summed E-state index contributed by atoms with van der Waals surface area (Å²) < 4.78 is 18.4. The van der Waals surface area contributed by atoms with Gasteiger partial charge in [-0.2, -0.15) is 0 Å². The quantitative estimate of drug-likeness (QED) is 0.289. The minimum atomic E-state index is -0.224. The molecule has 0 aliphatic heterocycles. The highest BCUT2D eigenvalue weighted by molar-refractivity contribution is 5.83. The van der Waals surface area contributed by atoms with Crippen LogP contribution in [0.5, 0.6) is 0 Å². The van der Waals surface area contributed by atoms with Crippen LogP contribution in [0.15, 0.2) is 73.1 Å². The summed E-state index contributed by atoms with van der Waals surface area (Å²) in [6.07, 6.45) is 7.45. The molecule has 0 amide bonds. The molecule has 32 heavy (non-hydrogen) atoms. The Hall–Kier alpha value is -3.55. The van der Waals surface area contributed by atoms with Crippen LogP contribution >= 0.6 is 0 Å². The third-order valence-electron chi connectivity index (χ3n) is 5.32. The Morgan fingerprint density at radius 1 is 0.750 bits per heavy atom. The molecule has 0 bridgehead atoms. The van der Waals surface area contributed by atoms with Crippen LogP contribution in [-0.4, -0.2) is 23.7 Å². The summed E-state index contributed by atoms with van der Waals surface area (Å²) in [5.74, 6) is 7.04. The highest BCUT2D eigenvalue weighted by atomic mass is 19.1. The fourth-order valence-electron chi connectivity index (χ4n) is 3.51. The minimum absolute atomic E-state index is 0.224. The van der Waals surface area contributed by atoms with Crippen LogP contribution in [0.1, 0.15) is 34.5 Å². The molecule has 4 heteroatoms. The number of aryl methyl sites for hydroxylation is 3. The van der Waals surface area contributed by atoms with Crippen LogP contribution in [0.4, 0.5) is 4.39 Å². The zero-order valence-electron chi connectivity index (χ0n) is 18.1. The molecule has 4 aromatic rings. The first-order chi connectivity index (χ1) is 15.7. The maximum absolute atomic E-state index is 13.3. The van der Waals surface area contributed by atoms with E-state index in [-0.39, 0.29) is 5.82 Å². The number of ether oxygens (including phenoxy) is 1. The summed E-state index contributed by atoms with van der Waals surface area (Å²) in [5, 5.41) is 1.86. The monoisotopic (exact) mass is 424 g/mol. The lowest BCUT2D eigenvalue weighted by atomic mass is 10.1. The number of aromatic nitrogens is 2. The van der Waals surface area contributed by atoms with E-state index in [4.69, 9.17) is 4.74 Å². The minimum Gasteiger partial charge on any atom is -0.385 e. The Labute approximate surface area is 188 Å². The van der Waals surface area contributed by atoms with Gasteiger partial charge in [0.1, 0.15) is 11.6 Å². The second-order valence-electron chi connectivity index (χ2n) is 7.76. The fourth-order valence-corrected chi connectivity index (χ4v) is 3.51. The van der Waals surface area contributed by atoms with E-state index in [9.17, 15) is 4.39 Å². The number of fused-ring (bicyclic) bond motifs is 1. The fraction of sp³-hybridized carbons (Fsp3) is 0.214. The van der Waals surface area contributed by atoms with E-state index in [0.717, 1.165) is 65.6 Å². The van der Waals surface area contributed by atoms with Gasteiger partial charge in [-0.05, 0) is 77.6 Å². The number of nitrogens with zero attached hydrogens (tertiary/aromatic N) is 2. The Balaban J connectivity index is 1.33. The van der Waals surface area contributed by atoms with Gasteiger partial charge in [0, 0.05) is 43.7 Å². The van der Waals surface area contributed by atoms with E-state index in [0.29, 0.717) is 0 Å². The van der Waals surface area contributed by atoms with Crippen molar-refractivity contribution in [2.45, 2.75) is 25.7 Å². The molecule has 1 heterocycles. The third kappa shape index (κ3) is 6.00. The number of rotatable bonds is 7. The van der Waals surface area contributed by atoms with E-state index < -0.39 is 0 Å². The molecule has 0 spiro atoms. The standard InChI is InChI=1S/C28H25FN2O/c1-32-16-2-3-24-19-30-28(31-20-24)15-11-22-6-4-21(5-7-22)8-9-23-10-12-26-18-27(29)14-13-25(26)17-23/h4-7,10,12-14,17-20H,2-3,11,15-16H2,1H3. The summed E-state index contributed by atoms with van der Waals surface area (Å²) in [6.45, 7) is 0.756. The van der Waals surface area contributed by atoms with Crippen molar-refractivity contribution in [2.24, 2.45) is 0 Å². The van der Waals surface area contributed by atoms with E-state index in [1.54, 1.807) is 13.2 Å². The summed E-state index contributed by atoms with van der Waals surface area (Å²) >= 11 is 0. The molecule has 0 saturated carbocycles. The molecule has 0 atom stereocenters. The van der Waals surface area contributed by atoms with Crippen LogP contribution in [0, 0.1) is 17.7 Å². The Bertz CT molecular complexity index is 1240. The van der Waals surface area contributed by atoms with Gasteiger partial charge in [0.2, 0.25) is 0 Å². The molecule has 4 rings (SSSR count). The summed E-state index contributed by atoms with van der Waals surface area (Å²) in [5.41, 5.74) is 4.25. The average molecular weight is 425 g/mol. The number of hydrogen-bond donors (Lipinski definition) is 0. The smallest absolute Gasteiger partial charge is 0.128 e. The zero-order chi connectivity index (χ0) is 22.2. The Morgan fingerprint density at radius 3 is 2.22 bits per heavy atom. The molecule has 0 saturated heterocycles. The van der Waals surface area contributed by atoms with Crippen molar-refractivity contribution in [3.8, 4) is 11.8 Å². The maximum Gasteiger partial charge on any atom is 0.128 e. The van der Waals surface area contributed by atoms with E-state index in [1.807, 2.05) is 42.7 Å². The van der Waals surface area contributed by atoms with Crippen LogP contribution in [0.25, 0.3) is 10.8 Å². The van der Waals surface area contributed by atoms with Gasteiger partial charge < -0.3 is 4.74 Å². The van der Waals surface area contributed by atoms with Gasteiger partial charge in [0.15, 0.2) is 0 Å². The van der Waals surface area contributed by atoms with Gasteiger partial charge in [-0.25, -0.2) is 14.4 Å². The van der Waals surface area contributed by atoms with E-state index in [1.165, 1.54) is 17.7 Å². The van der Waals surface area contributed by atoms with Crippen molar-refractivity contribution in [1.82, 2.24) is 9.97 Å². The molecular formula is C28H25FN2O. The van der Waals surface area contributed by atoms with Gasteiger partial charge in [-0.1, -0.05) is 36.1 Å². The van der Waals surface area contributed by atoms with Gasteiger partial charge in [0.05, 0.1) is 0 Å². The van der Waals surface area contributed by atoms with E-state index >= 15 is 0 Å².